The maximum Gasteiger partial charge on any atom is 0.242 e. The number of H-pyrrole nitrogens is 1. The second kappa shape index (κ2) is 6.69. The van der Waals surface area contributed by atoms with Crippen LogP contribution in [0.4, 0.5) is 0 Å². The van der Waals surface area contributed by atoms with Gasteiger partial charge in [0, 0.05) is 25.0 Å². The molecular weight excluding hydrogens is 274 g/mol. The van der Waals surface area contributed by atoms with E-state index in [1.54, 1.807) is 6.07 Å². The first-order valence-corrected chi connectivity index (χ1v) is 8.01. The molecule has 108 valence electrons. The van der Waals surface area contributed by atoms with E-state index >= 15 is 0 Å². The molecule has 0 bridgehead atoms. The number of aryl methyl sites for hydroxylation is 1. The van der Waals surface area contributed by atoms with Crippen molar-refractivity contribution in [3.63, 3.8) is 0 Å². The normalized spacial score (nSPS) is 11.7. The predicted molar refractivity (Wildman–Crippen MR) is 78.6 cm³/mol. The van der Waals surface area contributed by atoms with Crippen LogP contribution in [0.2, 0.25) is 0 Å². The lowest BCUT2D eigenvalue weighted by molar-refractivity contribution is 0.579. The maximum atomic E-state index is 12.0. The number of hydrogen-bond donors (Lipinski definition) is 3. The van der Waals surface area contributed by atoms with Crippen LogP contribution in [0, 0.1) is 0 Å². The van der Waals surface area contributed by atoms with Gasteiger partial charge in [-0.25, -0.2) is 13.1 Å². The van der Waals surface area contributed by atoms with E-state index in [4.69, 9.17) is 5.73 Å². The Hall–Kier alpha value is -1.63. The Morgan fingerprint density at radius 1 is 1.20 bits per heavy atom. The number of rotatable bonds is 7. The number of nitrogens with two attached hydrogens (primary N) is 1. The molecule has 0 fully saturated rings. The SMILES string of the molecule is NCc1cc(S(=O)(=O)NCCCc2ccccc2)c[nH]1. The minimum atomic E-state index is -3.44. The molecular formula is C14H19N3O2S. The molecule has 0 aliphatic heterocycles. The van der Waals surface area contributed by atoms with Gasteiger partial charge in [0.1, 0.15) is 0 Å². The summed E-state index contributed by atoms with van der Waals surface area (Å²) in [5.74, 6) is 0. The van der Waals surface area contributed by atoms with Gasteiger partial charge in [-0.2, -0.15) is 0 Å². The van der Waals surface area contributed by atoms with E-state index in [1.165, 1.54) is 11.8 Å². The number of nitrogens with one attached hydrogen (secondary N) is 2. The number of hydrogen-bond acceptors (Lipinski definition) is 3. The standard InChI is InChI=1S/C14H19N3O2S/c15-10-13-9-14(11-16-13)20(18,19)17-8-4-7-12-5-2-1-3-6-12/h1-3,5-6,9,11,16-17H,4,7-8,10,15H2. The van der Waals surface area contributed by atoms with Crippen LogP contribution in [0.25, 0.3) is 0 Å². The largest absolute Gasteiger partial charge is 0.363 e. The average molecular weight is 293 g/mol. The summed E-state index contributed by atoms with van der Waals surface area (Å²) < 4.78 is 26.6. The van der Waals surface area contributed by atoms with Gasteiger partial charge in [0.15, 0.2) is 0 Å². The highest BCUT2D eigenvalue weighted by atomic mass is 32.2. The monoisotopic (exact) mass is 293 g/mol. The lowest BCUT2D eigenvalue weighted by Gasteiger charge is -2.05. The van der Waals surface area contributed by atoms with Crippen LogP contribution in [0.5, 0.6) is 0 Å². The molecule has 0 unspecified atom stereocenters. The van der Waals surface area contributed by atoms with E-state index in [2.05, 4.69) is 9.71 Å². The Balaban J connectivity index is 1.84. The zero-order chi connectivity index (χ0) is 14.4. The van der Waals surface area contributed by atoms with Crippen molar-refractivity contribution < 1.29 is 8.42 Å². The first kappa shape index (κ1) is 14.8. The quantitative estimate of drug-likeness (QED) is 0.674. The van der Waals surface area contributed by atoms with Crippen LogP contribution in [0.15, 0.2) is 47.5 Å². The molecule has 0 saturated carbocycles. The summed E-state index contributed by atoms with van der Waals surface area (Å²) >= 11 is 0. The van der Waals surface area contributed by atoms with Crippen molar-refractivity contribution in [3.05, 3.63) is 53.9 Å². The van der Waals surface area contributed by atoms with Crippen molar-refractivity contribution in [1.29, 1.82) is 0 Å². The summed E-state index contributed by atoms with van der Waals surface area (Å²) in [6.07, 6.45) is 3.07. The highest BCUT2D eigenvalue weighted by Crippen LogP contribution is 2.10. The minimum Gasteiger partial charge on any atom is -0.363 e. The Morgan fingerprint density at radius 2 is 1.95 bits per heavy atom. The molecule has 1 aromatic carbocycles. The smallest absolute Gasteiger partial charge is 0.242 e. The Labute approximate surface area is 119 Å². The first-order chi connectivity index (χ1) is 9.62. The fourth-order valence-electron chi connectivity index (χ4n) is 1.92. The average Bonchev–Trinajstić information content (AvgIpc) is 2.95. The maximum absolute atomic E-state index is 12.0. The third-order valence-corrected chi connectivity index (χ3v) is 4.46. The zero-order valence-corrected chi connectivity index (χ0v) is 12.0. The number of benzene rings is 1. The van der Waals surface area contributed by atoms with Crippen LogP contribution in [-0.4, -0.2) is 19.9 Å². The third-order valence-electron chi connectivity index (χ3n) is 3.02. The van der Waals surface area contributed by atoms with Crippen LogP contribution in [0.3, 0.4) is 0 Å². The molecule has 1 aromatic heterocycles. The predicted octanol–water partition coefficient (Wildman–Crippen LogP) is 1.38. The summed E-state index contributed by atoms with van der Waals surface area (Å²) in [5, 5.41) is 0. The van der Waals surface area contributed by atoms with Crippen molar-refractivity contribution in [2.45, 2.75) is 24.3 Å². The van der Waals surface area contributed by atoms with Crippen LogP contribution in [0.1, 0.15) is 17.7 Å². The molecule has 0 spiro atoms. The summed E-state index contributed by atoms with van der Waals surface area (Å²) in [7, 11) is -3.44. The molecule has 0 aliphatic carbocycles. The lowest BCUT2D eigenvalue weighted by Crippen LogP contribution is -2.24. The number of sulfonamides is 1. The Morgan fingerprint density at radius 3 is 2.60 bits per heavy atom. The minimum absolute atomic E-state index is 0.234. The molecule has 6 heteroatoms. The molecule has 20 heavy (non-hydrogen) atoms. The van der Waals surface area contributed by atoms with Gasteiger partial charge in [-0.1, -0.05) is 30.3 Å². The van der Waals surface area contributed by atoms with Gasteiger partial charge in [0.25, 0.3) is 0 Å². The van der Waals surface area contributed by atoms with E-state index in [9.17, 15) is 8.42 Å². The lowest BCUT2D eigenvalue weighted by atomic mass is 10.1. The van der Waals surface area contributed by atoms with Gasteiger partial charge >= 0.3 is 0 Å². The highest BCUT2D eigenvalue weighted by Gasteiger charge is 2.14. The summed E-state index contributed by atoms with van der Waals surface area (Å²) in [6, 6.07) is 11.6. The summed E-state index contributed by atoms with van der Waals surface area (Å²) in [5.41, 5.74) is 7.36. The molecule has 0 atom stereocenters. The topological polar surface area (TPSA) is 88.0 Å². The van der Waals surface area contributed by atoms with Crippen LogP contribution < -0.4 is 10.5 Å². The molecule has 0 amide bonds. The molecule has 4 N–H and O–H groups in total. The highest BCUT2D eigenvalue weighted by molar-refractivity contribution is 7.89. The fraction of sp³-hybridized carbons (Fsp3) is 0.286. The molecule has 5 nitrogen and oxygen atoms in total. The van der Waals surface area contributed by atoms with E-state index in [0.29, 0.717) is 18.8 Å². The van der Waals surface area contributed by atoms with Gasteiger partial charge in [-0.3, -0.25) is 0 Å². The van der Waals surface area contributed by atoms with Crippen molar-refractivity contribution in [2.24, 2.45) is 5.73 Å². The summed E-state index contributed by atoms with van der Waals surface area (Å²) in [6.45, 7) is 0.712. The van der Waals surface area contributed by atoms with Gasteiger partial charge < -0.3 is 10.7 Å². The van der Waals surface area contributed by atoms with E-state index in [-0.39, 0.29) is 4.90 Å². The van der Waals surface area contributed by atoms with Crippen molar-refractivity contribution in [1.82, 2.24) is 9.71 Å². The number of aromatic amines is 1. The molecule has 0 aliphatic rings. The second-order valence-corrected chi connectivity index (χ2v) is 6.32. The van der Waals surface area contributed by atoms with Crippen LogP contribution in [-0.2, 0) is 23.0 Å². The van der Waals surface area contributed by atoms with Crippen molar-refractivity contribution >= 4 is 10.0 Å². The van der Waals surface area contributed by atoms with Gasteiger partial charge in [-0.05, 0) is 24.5 Å². The molecule has 0 radical (unpaired) electrons. The fourth-order valence-corrected chi connectivity index (χ4v) is 3.01. The van der Waals surface area contributed by atoms with E-state index < -0.39 is 10.0 Å². The van der Waals surface area contributed by atoms with Gasteiger partial charge in [0.05, 0.1) is 4.90 Å². The Kier molecular flexibility index (Phi) is 4.94. The second-order valence-electron chi connectivity index (χ2n) is 4.55. The Bertz CT molecular complexity index is 635. The number of aromatic nitrogens is 1. The van der Waals surface area contributed by atoms with E-state index in [1.807, 2.05) is 30.3 Å². The summed E-state index contributed by atoms with van der Waals surface area (Å²) in [4.78, 5) is 3.07. The molecule has 2 rings (SSSR count). The van der Waals surface area contributed by atoms with Crippen molar-refractivity contribution in [2.75, 3.05) is 6.54 Å². The van der Waals surface area contributed by atoms with Crippen LogP contribution >= 0.6 is 0 Å². The third kappa shape index (κ3) is 3.93. The van der Waals surface area contributed by atoms with Crippen molar-refractivity contribution in [3.8, 4) is 0 Å². The van der Waals surface area contributed by atoms with Gasteiger partial charge in [-0.15, -0.1) is 0 Å². The van der Waals surface area contributed by atoms with E-state index in [0.717, 1.165) is 12.8 Å². The molecule has 2 aromatic rings. The molecule has 1 heterocycles. The molecule has 0 saturated heterocycles. The van der Waals surface area contributed by atoms with Gasteiger partial charge in [0.2, 0.25) is 10.0 Å². The first-order valence-electron chi connectivity index (χ1n) is 6.53. The zero-order valence-electron chi connectivity index (χ0n) is 11.2.